The fourth-order valence-electron chi connectivity index (χ4n) is 2.64. The topological polar surface area (TPSA) is 32.3 Å². The average Bonchev–Trinajstić information content (AvgIpc) is 2.86. The number of terminal acetylenes is 1. The van der Waals surface area contributed by atoms with Crippen LogP contribution in [0.3, 0.4) is 0 Å². The predicted octanol–water partition coefficient (Wildman–Crippen LogP) is 2.10. The van der Waals surface area contributed by atoms with Gasteiger partial charge < -0.3 is 5.32 Å². The van der Waals surface area contributed by atoms with Gasteiger partial charge in [0, 0.05) is 11.1 Å². The molecule has 106 valence electrons. The summed E-state index contributed by atoms with van der Waals surface area (Å²) in [6, 6.07) is 8.28. The maximum atomic E-state index is 11.7. The smallest absolute Gasteiger partial charge is 0.234 e. The number of halogens is 1. The van der Waals surface area contributed by atoms with Gasteiger partial charge in [-0.05, 0) is 37.4 Å². The largest absolute Gasteiger partial charge is 0.344 e. The summed E-state index contributed by atoms with van der Waals surface area (Å²) in [5.74, 6) is 2.41. The molecule has 0 saturated carbocycles. The second-order valence-electron chi connectivity index (χ2n) is 5.04. The Kier molecular flexibility index (Phi) is 5.46. The molecule has 0 bridgehead atoms. The number of benzene rings is 1. The van der Waals surface area contributed by atoms with E-state index in [1.54, 1.807) is 0 Å². The summed E-state index contributed by atoms with van der Waals surface area (Å²) in [4.78, 5) is 14.0. The Bertz CT molecular complexity index is 509. The molecule has 2 rings (SSSR count). The minimum atomic E-state index is -0.00555. The molecule has 0 aliphatic carbocycles. The van der Waals surface area contributed by atoms with Crippen molar-refractivity contribution in [2.24, 2.45) is 0 Å². The van der Waals surface area contributed by atoms with Crippen LogP contribution in [0.2, 0.25) is 5.02 Å². The summed E-state index contributed by atoms with van der Waals surface area (Å²) < 4.78 is 0. The zero-order valence-corrected chi connectivity index (χ0v) is 12.2. The summed E-state index contributed by atoms with van der Waals surface area (Å²) >= 11 is 6.20. The Balaban J connectivity index is 1.93. The van der Waals surface area contributed by atoms with Crippen LogP contribution >= 0.6 is 11.6 Å². The quantitative estimate of drug-likeness (QED) is 0.842. The van der Waals surface area contributed by atoms with Crippen molar-refractivity contribution in [3.8, 4) is 12.3 Å². The molecule has 0 radical (unpaired) electrons. The van der Waals surface area contributed by atoms with Gasteiger partial charge in [0.1, 0.15) is 0 Å². The Labute approximate surface area is 125 Å². The molecule has 1 aromatic rings. The van der Waals surface area contributed by atoms with Gasteiger partial charge in [-0.25, -0.2) is 0 Å². The first kappa shape index (κ1) is 14.9. The van der Waals surface area contributed by atoms with Crippen LogP contribution in [-0.4, -0.2) is 36.5 Å². The third kappa shape index (κ3) is 4.00. The van der Waals surface area contributed by atoms with Gasteiger partial charge in [0.05, 0.1) is 13.1 Å². The lowest BCUT2D eigenvalue weighted by Crippen LogP contribution is -2.40. The highest BCUT2D eigenvalue weighted by Gasteiger charge is 2.26. The fraction of sp³-hybridized carbons (Fsp3) is 0.438. The number of nitrogens with one attached hydrogen (secondary N) is 1. The third-order valence-electron chi connectivity index (χ3n) is 3.65. The lowest BCUT2D eigenvalue weighted by molar-refractivity contribution is -0.122. The normalized spacial score (nSPS) is 18.7. The van der Waals surface area contributed by atoms with Crippen LogP contribution in [0.5, 0.6) is 0 Å². The van der Waals surface area contributed by atoms with Crippen molar-refractivity contribution in [2.75, 3.05) is 19.6 Å². The molecule has 1 saturated heterocycles. The van der Waals surface area contributed by atoms with E-state index in [-0.39, 0.29) is 5.91 Å². The monoisotopic (exact) mass is 290 g/mol. The minimum absolute atomic E-state index is 0.00555. The number of rotatable bonds is 5. The molecule has 1 fully saturated rings. The number of likely N-dealkylation sites (tertiary alicyclic amines) is 1. The minimum Gasteiger partial charge on any atom is -0.344 e. The Morgan fingerprint density at radius 1 is 1.50 bits per heavy atom. The molecule has 0 aromatic heterocycles. The van der Waals surface area contributed by atoms with Gasteiger partial charge in [-0.15, -0.1) is 6.42 Å². The van der Waals surface area contributed by atoms with Crippen molar-refractivity contribution in [2.45, 2.75) is 25.3 Å². The van der Waals surface area contributed by atoms with Crippen molar-refractivity contribution in [1.29, 1.82) is 0 Å². The molecule has 1 aromatic carbocycles. The van der Waals surface area contributed by atoms with Crippen LogP contribution in [-0.2, 0) is 11.2 Å². The van der Waals surface area contributed by atoms with E-state index in [2.05, 4.69) is 22.2 Å². The lowest BCUT2D eigenvalue weighted by atomic mass is 10.0. The van der Waals surface area contributed by atoms with Crippen molar-refractivity contribution in [3.05, 3.63) is 34.9 Å². The van der Waals surface area contributed by atoms with Crippen LogP contribution in [0.25, 0.3) is 0 Å². The number of hydrogen-bond acceptors (Lipinski definition) is 2. The van der Waals surface area contributed by atoms with E-state index in [1.807, 2.05) is 18.2 Å². The average molecular weight is 291 g/mol. The maximum Gasteiger partial charge on any atom is 0.234 e. The molecule has 1 N–H and O–H groups in total. The van der Waals surface area contributed by atoms with Crippen LogP contribution < -0.4 is 5.32 Å². The molecule has 0 spiro atoms. The zero-order valence-electron chi connectivity index (χ0n) is 11.4. The molecular formula is C16H19ClN2O. The summed E-state index contributed by atoms with van der Waals surface area (Å²) in [6.07, 6.45) is 8.26. The van der Waals surface area contributed by atoms with Crippen LogP contribution in [0.4, 0.5) is 0 Å². The third-order valence-corrected chi connectivity index (χ3v) is 4.02. The first-order valence-corrected chi connectivity index (χ1v) is 7.26. The highest BCUT2D eigenvalue weighted by atomic mass is 35.5. The van der Waals surface area contributed by atoms with Gasteiger partial charge in [-0.3, -0.25) is 9.69 Å². The van der Waals surface area contributed by atoms with Crippen LogP contribution in [0, 0.1) is 12.3 Å². The highest BCUT2D eigenvalue weighted by Crippen LogP contribution is 2.24. The molecule has 1 heterocycles. The lowest BCUT2D eigenvalue weighted by Gasteiger charge is -2.24. The SMILES string of the molecule is C#CCNC(=O)CN1CCCC1Cc1ccccc1Cl. The number of amides is 1. The van der Waals surface area contributed by atoms with Crippen molar-refractivity contribution >= 4 is 17.5 Å². The second-order valence-corrected chi connectivity index (χ2v) is 5.45. The van der Waals surface area contributed by atoms with E-state index in [0.29, 0.717) is 19.1 Å². The second kappa shape index (κ2) is 7.33. The Hall–Kier alpha value is -1.50. The highest BCUT2D eigenvalue weighted by molar-refractivity contribution is 6.31. The zero-order chi connectivity index (χ0) is 14.4. The van der Waals surface area contributed by atoms with E-state index in [4.69, 9.17) is 18.0 Å². The maximum absolute atomic E-state index is 11.7. The molecular weight excluding hydrogens is 272 g/mol. The number of carbonyl (C=O) groups is 1. The standard InChI is InChI=1S/C16H19ClN2O/c1-2-9-18-16(20)12-19-10-5-7-14(19)11-13-6-3-4-8-15(13)17/h1,3-4,6,8,14H,5,7,9-12H2,(H,18,20). The Morgan fingerprint density at radius 3 is 3.05 bits per heavy atom. The van der Waals surface area contributed by atoms with Gasteiger partial charge in [0.15, 0.2) is 0 Å². The van der Waals surface area contributed by atoms with Crippen LogP contribution in [0.15, 0.2) is 24.3 Å². The van der Waals surface area contributed by atoms with Gasteiger partial charge in [-0.2, -0.15) is 0 Å². The summed E-state index contributed by atoms with van der Waals surface area (Å²) in [5.41, 5.74) is 1.15. The molecule has 1 aliphatic rings. The van der Waals surface area contributed by atoms with E-state index in [0.717, 1.165) is 36.4 Å². The Morgan fingerprint density at radius 2 is 2.30 bits per heavy atom. The molecule has 3 nitrogen and oxygen atoms in total. The molecule has 20 heavy (non-hydrogen) atoms. The fourth-order valence-corrected chi connectivity index (χ4v) is 2.86. The molecule has 4 heteroatoms. The number of carbonyl (C=O) groups excluding carboxylic acids is 1. The van der Waals surface area contributed by atoms with Gasteiger partial charge in [0.25, 0.3) is 0 Å². The number of hydrogen-bond donors (Lipinski definition) is 1. The first-order valence-electron chi connectivity index (χ1n) is 6.88. The van der Waals surface area contributed by atoms with Gasteiger partial charge in [0.2, 0.25) is 5.91 Å². The van der Waals surface area contributed by atoms with E-state index in [9.17, 15) is 4.79 Å². The van der Waals surface area contributed by atoms with Crippen molar-refractivity contribution in [1.82, 2.24) is 10.2 Å². The molecule has 1 unspecified atom stereocenters. The van der Waals surface area contributed by atoms with Gasteiger partial charge in [-0.1, -0.05) is 35.7 Å². The van der Waals surface area contributed by atoms with Crippen molar-refractivity contribution < 1.29 is 4.79 Å². The summed E-state index contributed by atoms with van der Waals surface area (Å²) in [7, 11) is 0. The molecule has 1 atom stereocenters. The van der Waals surface area contributed by atoms with Crippen molar-refractivity contribution in [3.63, 3.8) is 0 Å². The molecule has 1 amide bonds. The van der Waals surface area contributed by atoms with E-state index in [1.165, 1.54) is 0 Å². The van der Waals surface area contributed by atoms with E-state index >= 15 is 0 Å². The molecule has 1 aliphatic heterocycles. The first-order chi connectivity index (χ1) is 9.70. The van der Waals surface area contributed by atoms with Gasteiger partial charge >= 0.3 is 0 Å². The number of nitrogens with zero attached hydrogens (tertiary/aromatic N) is 1. The summed E-state index contributed by atoms with van der Waals surface area (Å²) in [5, 5.41) is 3.51. The predicted molar refractivity (Wildman–Crippen MR) is 81.6 cm³/mol. The van der Waals surface area contributed by atoms with Crippen LogP contribution in [0.1, 0.15) is 18.4 Å². The van der Waals surface area contributed by atoms with E-state index < -0.39 is 0 Å². The summed E-state index contributed by atoms with van der Waals surface area (Å²) in [6.45, 7) is 1.66.